The van der Waals surface area contributed by atoms with Crippen LogP contribution >= 0.6 is 23.2 Å². The molecular formula is C26H35Cl2N3O5S. The Morgan fingerprint density at radius 1 is 1.11 bits per heavy atom. The van der Waals surface area contributed by atoms with Crippen molar-refractivity contribution in [2.75, 3.05) is 24.2 Å². The van der Waals surface area contributed by atoms with Gasteiger partial charge in [-0.2, -0.15) is 0 Å². The van der Waals surface area contributed by atoms with Gasteiger partial charge in [0, 0.05) is 35.1 Å². The molecule has 1 atom stereocenters. The number of halogens is 2. The number of rotatable bonds is 11. The summed E-state index contributed by atoms with van der Waals surface area (Å²) in [6, 6.07) is 11.0. The van der Waals surface area contributed by atoms with E-state index in [1.807, 2.05) is 20.8 Å². The molecule has 2 aromatic rings. The Morgan fingerprint density at radius 2 is 1.76 bits per heavy atom. The zero-order chi connectivity index (χ0) is 28.0. The molecule has 2 aromatic carbocycles. The van der Waals surface area contributed by atoms with E-state index in [0.29, 0.717) is 27.0 Å². The molecule has 0 aromatic heterocycles. The molecule has 2 amide bonds. The van der Waals surface area contributed by atoms with E-state index in [4.69, 9.17) is 27.9 Å². The van der Waals surface area contributed by atoms with Crippen LogP contribution in [0.25, 0.3) is 0 Å². The van der Waals surface area contributed by atoms with Crippen LogP contribution in [0.2, 0.25) is 10.0 Å². The molecule has 204 valence electrons. The topological polar surface area (TPSA) is 96.0 Å². The summed E-state index contributed by atoms with van der Waals surface area (Å²) >= 11 is 12.4. The minimum atomic E-state index is -3.64. The third-order valence-corrected chi connectivity index (χ3v) is 7.29. The number of hydrogen-bond donors (Lipinski definition) is 1. The van der Waals surface area contributed by atoms with Gasteiger partial charge in [0.2, 0.25) is 21.8 Å². The third kappa shape index (κ3) is 9.09. The normalized spacial score (nSPS) is 12.5. The Kier molecular flexibility index (Phi) is 10.7. The van der Waals surface area contributed by atoms with E-state index in [9.17, 15) is 18.0 Å². The van der Waals surface area contributed by atoms with E-state index < -0.39 is 21.6 Å². The molecule has 0 heterocycles. The van der Waals surface area contributed by atoms with E-state index in [1.54, 1.807) is 49.4 Å². The molecule has 11 heteroatoms. The number of carbonyl (C=O) groups is 2. The van der Waals surface area contributed by atoms with Crippen LogP contribution in [0, 0.1) is 0 Å². The van der Waals surface area contributed by atoms with Gasteiger partial charge in [-0.25, -0.2) is 8.42 Å². The summed E-state index contributed by atoms with van der Waals surface area (Å²) in [5.74, 6) is -0.209. The summed E-state index contributed by atoms with van der Waals surface area (Å²) in [6.45, 7) is 7.38. The van der Waals surface area contributed by atoms with Crippen LogP contribution < -0.4 is 14.4 Å². The van der Waals surface area contributed by atoms with Gasteiger partial charge in [0.1, 0.15) is 11.8 Å². The fraction of sp³-hybridized carbons (Fsp3) is 0.462. The lowest BCUT2D eigenvalue weighted by atomic mass is 10.1. The maximum Gasteiger partial charge on any atom is 0.242 e. The van der Waals surface area contributed by atoms with Crippen LogP contribution in [-0.2, 0) is 26.2 Å². The largest absolute Gasteiger partial charge is 0.495 e. The zero-order valence-corrected chi connectivity index (χ0v) is 24.4. The van der Waals surface area contributed by atoms with Crippen molar-refractivity contribution >= 4 is 50.7 Å². The number of carbonyl (C=O) groups excluding carboxylic acids is 2. The summed E-state index contributed by atoms with van der Waals surface area (Å²) < 4.78 is 31.6. The summed E-state index contributed by atoms with van der Waals surface area (Å²) in [4.78, 5) is 27.8. The molecule has 1 unspecified atom stereocenters. The van der Waals surface area contributed by atoms with Crippen LogP contribution in [0.3, 0.4) is 0 Å². The van der Waals surface area contributed by atoms with Crippen LogP contribution in [0.1, 0.15) is 46.1 Å². The summed E-state index contributed by atoms with van der Waals surface area (Å²) in [7, 11) is -2.18. The Hall–Kier alpha value is -2.49. The Bertz CT molecular complexity index is 1210. The molecule has 0 saturated carbocycles. The third-order valence-electron chi connectivity index (χ3n) is 5.53. The van der Waals surface area contributed by atoms with E-state index in [2.05, 4.69) is 5.32 Å². The average molecular weight is 573 g/mol. The number of benzene rings is 2. The van der Waals surface area contributed by atoms with Crippen molar-refractivity contribution in [2.24, 2.45) is 0 Å². The number of anilines is 1. The van der Waals surface area contributed by atoms with Gasteiger partial charge in [0.15, 0.2) is 0 Å². The first-order valence-electron chi connectivity index (χ1n) is 11.8. The molecule has 0 aliphatic rings. The molecule has 37 heavy (non-hydrogen) atoms. The Morgan fingerprint density at radius 3 is 2.32 bits per heavy atom. The Balaban J connectivity index is 2.25. The number of nitrogens with zero attached hydrogens (tertiary/aromatic N) is 2. The second kappa shape index (κ2) is 12.8. The molecule has 0 spiro atoms. The molecule has 0 saturated heterocycles. The molecule has 8 nitrogen and oxygen atoms in total. The number of para-hydroxylation sites is 2. The summed E-state index contributed by atoms with van der Waals surface area (Å²) in [5, 5.41) is 3.75. The first-order valence-corrected chi connectivity index (χ1v) is 14.4. The van der Waals surface area contributed by atoms with E-state index in [-0.39, 0.29) is 37.7 Å². The molecule has 0 bridgehead atoms. The fourth-order valence-corrected chi connectivity index (χ4v) is 5.15. The van der Waals surface area contributed by atoms with Gasteiger partial charge in [0.25, 0.3) is 0 Å². The van der Waals surface area contributed by atoms with Gasteiger partial charge in [-0.3, -0.25) is 13.9 Å². The van der Waals surface area contributed by atoms with Crippen molar-refractivity contribution < 1.29 is 22.7 Å². The smallest absolute Gasteiger partial charge is 0.242 e. The lowest BCUT2D eigenvalue weighted by Crippen LogP contribution is -2.52. The molecule has 0 aliphatic carbocycles. The van der Waals surface area contributed by atoms with Crippen molar-refractivity contribution in [2.45, 2.75) is 58.7 Å². The summed E-state index contributed by atoms with van der Waals surface area (Å²) in [6.07, 6.45) is 1.34. The predicted octanol–water partition coefficient (Wildman–Crippen LogP) is 4.88. The second-order valence-corrected chi connectivity index (χ2v) is 12.5. The molecule has 1 N–H and O–H groups in total. The van der Waals surface area contributed by atoms with E-state index in [0.717, 1.165) is 6.26 Å². The number of amides is 2. The summed E-state index contributed by atoms with van der Waals surface area (Å²) in [5.41, 5.74) is 0.548. The van der Waals surface area contributed by atoms with Crippen molar-refractivity contribution in [1.29, 1.82) is 0 Å². The first kappa shape index (κ1) is 30.7. The van der Waals surface area contributed by atoms with E-state index >= 15 is 0 Å². The van der Waals surface area contributed by atoms with E-state index in [1.165, 1.54) is 16.3 Å². The van der Waals surface area contributed by atoms with Crippen molar-refractivity contribution in [3.8, 4) is 5.75 Å². The van der Waals surface area contributed by atoms with Crippen molar-refractivity contribution in [3.63, 3.8) is 0 Å². The lowest BCUT2D eigenvalue weighted by molar-refractivity contribution is -0.141. The molecule has 0 radical (unpaired) electrons. The van der Waals surface area contributed by atoms with Gasteiger partial charge in [-0.15, -0.1) is 0 Å². The fourth-order valence-electron chi connectivity index (χ4n) is 3.71. The quantitative estimate of drug-likeness (QED) is 0.414. The number of nitrogens with one attached hydrogen (secondary N) is 1. The molecule has 2 rings (SSSR count). The van der Waals surface area contributed by atoms with Crippen molar-refractivity contribution in [3.05, 3.63) is 58.1 Å². The van der Waals surface area contributed by atoms with Crippen LogP contribution in [0.4, 0.5) is 5.69 Å². The van der Waals surface area contributed by atoms with Gasteiger partial charge in [0.05, 0.1) is 19.1 Å². The standard InChI is InChI=1S/C26H35Cl2N3O5S/c1-18(25(33)29-26(2,3)4)30(17-19-13-14-20(27)16-21(19)28)24(32)12-9-15-31(37(6,34)35)22-10-7-8-11-23(22)36-5/h7-8,10-11,13-14,16,18H,9,12,15,17H2,1-6H3,(H,29,33). The number of hydrogen-bond acceptors (Lipinski definition) is 5. The first-order chi connectivity index (χ1) is 17.1. The van der Waals surface area contributed by atoms with Crippen LogP contribution in [0.15, 0.2) is 42.5 Å². The highest BCUT2D eigenvalue weighted by Gasteiger charge is 2.29. The average Bonchev–Trinajstić information content (AvgIpc) is 2.79. The van der Waals surface area contributed by atoms with Gasteiger partial charge in [-0.1, -0.05) is 41.4 Å². The molecule has 0 fully saturated rings. The minimum absolute atomic E-state index is 0.0134. The van der Waals surface area contributed by atoms with Gasteiger partial charge in [-0.05, 0) is 63.9 Å². The highest BCUT2D eigenvalue weighted by Crippen LogP contribution is 2.30. The molecule has 0 aliphatic heterocycles. The highest BCUT2D eigenvalue weighted by atomic mass is 35.5. The Labute approximate surface area is 229 Å². The number of sulfonamides is 1. The molecular weight excluding hydrogens is 537 g/mol. The maximum absolute atomic E-state index is 13.4. The lowest BCUT2D eigenvalue weighted by Gasteiger charge is -2.32. The highest BCUT2D eigenvalue weighted by molar-refractivity contribution is 7.92. The van der Waals surface area contributed by atoms with Crippen LogP contribution in [0.5, 0.6) is 5.75 Å². The number of ether oxygens (including phenoxy) is 1. The minimum Gasteiger partial charge on any atom is -0.495 e. The number of methoxy groups -OCH3 is 1. The van der Waals surface area contributed by atoms with Gasteiger partial charge < -0.3 is 15.0 Å². The van der Waals surface area contributed by atoms with Crippen LogP contribution in [-0.4, -0.2) is 56.6 Å². The maximum atomic E-state index is 13.4. The predicted molar refractivity (Wildman–Crippen MR) is 149 cm³/mol. The monoisotopic (exact) mass is 571 g/mol. The SMILES string of the molecule is COc1ccccc1N(CCCC(=O)N(Cc1ccc(Cl)cc1Cl)C(C)C(=O)NC(C)(C)C)S(C)(=O)=O. The van der Waals surface area contributed by atoms with Gasteiger partial charge >= 0.3 is 0 Å². The second-order valence-electron chi connectivity index (χ2n) is 9.78. The van der Waals surface area contributed by atoms with Crippen molar-refractivity contribution in [1.82, 2.24) is 10.2 Å². The zero-order valence-electron chi connectivity index (χ0n) is 22.0.